The number of hydrogen-bond donors (Lipinski definition) is 1. The Hall–Kier alpha value is -0.224. The summed E-state index contributed by atoms with van der Waals surface area (Å²) in [6.07, 6.45) is 0. The van der Waals surface area contributed by atoms with Gasteiger partial charge in [0.15, 0.2) is 0 Å². The van der Waals surface area contributed by atoms with Crippen molar-refractivity contribution < 1.29 is 53.2 Å². The van der Waals surface area contributed by atoms with E-state index in [4.69, 9.17) is 5.11 Å². The van der Waals surface area contributed by atoms with E-state index in [1.54, 1.807) is 12.1 Å². The molecular formula is C8H8O3Tb+3. The second-order valence-corrected chi connectivity index (χ2v) is 2.01. The molecule has 0 bridgehead atoms. The molecule has 0 atom stereocenters. The standard InChI is InChI=1S/C8H8O3.Tb/c1-11-8(10)6-4-2-3-5-7(6)9;/h2-5,9H,1H3;/q;+3. The number of para-hydroxylation sites is 1. The van der Waals surface area contributed by atoms with Gasteiger partial charge in [0.25, 0.3) is 0 Å². The molecule has 1 aromatic carbocycles. The van der Waals surface area contributed by atoms with Crippen LogP contribution in [0.25, 0.3) is 0 Å². The van der Waals surface area contributed by atoms with Gasteiger partial charge in [-0.05, 0) is 12.1 Å². The Morgan fingerprint density at radius 2 is 2.00 bits per heavy atom. The Bertz CT molecular complexity index is 273. The molecule has 0 radical (unpaired) electrons. The maximum absolute atomic E-state index is 10.9. The van der Waals surface area contributed by atoms with E-state index in [1.165, 1.54) is 19.2 Å². The quantitative estimate of drug-likeness (QED) is 0.792. The number of rotatable bonds is 1. The number of ether oxygens (including phenoxy) is 1. The van der Waals surface area contributed by atoms with Crippen molar-refractivity contribution in [1.29, 1.82) is 0 Å². The molecule has 4 heteroatoms. The first kappa shape index (κ1) is 11.8. The van der Waals surface area contributed by atoms with Crippen LogP contribution in [0.15, 0.2) is 24.3 Å². The molecule has 3 nitrogen and oxygen atoms in total. The molecule has 0 spiro atoms. The molecule has 0 aromatic heterocycles. The average Bonchev–Trinajstić information content (AvgIpc) is 2.04. The molecule has 0 aliphatic heterocycles. The largest absolute Gasteiger partial charge is 3.00 e. The summed E-state index contributed by atoms with van der Waals surface area (Å²) in [7, 11) is 1.27. The number of benzene rings is 1. The molecule has 64 valence electrons. The fraction of sp³-hybridized carbons (Fsp3) is 0.125. The van der Waals surface area contributed by atoms with Crippen molar-refractivity contribution in [2.24, 2.45) is 0 Å². The van der Waals surface area contributed by atoms with Crippen molar-refractivity contribution in [3.63, 3.8) is 0 Å². The molecule has 0 unspecified atom stereocenters. The summed E-state index contributed by atoms with van der Waals surface area (Å²) in [5.41, 5.74) is 0.190. The zero-order valence-corrected chi connectivity index (χ0v) is 8.55. The predicted molar refractivity (Wildman–Crippen MR) is 39.4 cm³/mol. The maximum Gasteiger partial charge on any atom is 3.00 e. The van der Waals surface area contributed by atoms with E-state index < -0.39 is 5.97 Å². The summed E-state index contributed by atoms with van der Waals surface area (Å²) < 4.78 is 4.42. The molecule has 0 saturated carbocycles. The summed E-state index contributed by atoms with van der Waals surface area (Å²) in [4.78, 5) is 10.9. The topological polar surface area (TPSA) is 46.5 Å². The van der Waals surface area contributed by atoms with Gasteiger partial charge in [-0.25, -0.2) is 4.79 Å². The van der Waals surface area contributed by atoms with Gasteiger partial charge >= 0.3 is 44.6 Å². The molecule has 1 N–H and O–H groups in total. The Balaban J connectivity index is 0.00000121. The Labute approximate surface area is 101 Å². The zero-order chi connectivity index (χ0) is 8.27. The minimum absolute atomic E-state index is 0. The second kappa shape index (κ2) is 5.43. The van der Waals surface area contributed by atoms with Crippen molar-refractivity contribution in [3.8, 4) is 5.75 Å². The first-order chi connectivity index (χ1) is 5.25. The van der Waals surface area contributed by atoms with Crippen molar-refractivity contribution in [2.45, 2.75) is 0 Å². The van der Waals surface area contributed by atoms with E-state index in [2.05, 4.69) is 4.74 Å². The van der Waals surface area contributed by atoms with Crippen LogP contribution in [0, 0.1) is 38.6 Å². The van der Waals surface area contributed by atoms with Crippen LogP contribution >= 0.6 is 0 Å². The normalized spacial score (nSPS) is 8.42. The van der Waals surface area contributed by atoms with Gasteiger partial charge in [0.2, 0.25) is 0 Å². The third kappa shape index (κ3) is 2.68. The van der Waals surface area contributed by atoms with Gasteiger partial charge in [-0.3, -0.25) is 0 Å². The number of methoxy groups -OCH3 is 1. The Morgan fingerprint density at radius 1 is 1.42 bits per heavy atom. The first-order valence-corrected chi connectivity index (χ1v) is 3.12. The third-order valence-electron chi connectivity index (χ3n) is 1.31. The van der Waals surface area contributed by atoms with Crippen molar-refractivity contribution in [1.82, 2.24) is 0 Å². The first-order valence-electron chi connectivity index (χ1n) is 3.12. The van der Waals surface area contributed by atoms with Gasteiger partial charge < -0.3 is 9.84 Å². The summed E-state index contributed by atoms with van der Waals surface area (Å²) >= 11 is 0. The summed E-state index contributed by atoms with van der Waals surface area (Å²) in [6, 6.07) is 6.24. The predicted octanol–water partition coefficient (Wildman–Crippen LogP) is 1.18. The fourth-order valence-corrected chi connectivity index (χ4v) is 0.756. The smallest absolute Gasteiger partial charge is 0.507 e. The van der Waals surface area contributed by atoms with Crippen LogP contribution in [-0.2, 0) is 4.74 Å². The van der Waals surface area contributed by atoms with Crippen LogP contribution in [0.2, 0.25) is 0 Å². The number of hydrogen-bond acceptors (Lipinski definition) is 3. The van der Waals surface area contributed by atoms with Crippen LogP contribution in [0.4, 0.5) is 0 Å². The van der Waals surface area contributed by atoms with E-state index >= 15 is 0 Å². The molecule has 0 fully saturated rings. The summed E-state index contributed by atoms with van der Waals surface area (Å²) in [5.74, 6) is -0.581. The van der Waals surface area contributed by atoms with Gasteiger partial charge in [-0.2, -0.15) is 0 Å². The van der Waals surface area contributed by atoms with E-state index in [1.807, 2.05) is 0 Å². The van der Waals surface area contributed by atoms with Gasteiger partial charge in [0.1, 0.15) is 11.3 Å². The number of phenols is 1. The van der Waals surface area contributed by atoms with Crippen LogP contribution in [0.3, 0.4) is 0 Å². The van der Waals surface area contributed by atoms with Gasteiger partial charge in [-0.15, -0.1) is 0 Å². The van der Waals surface area contributed by atoms with Gasteiger partial charge in [0, 0.05) is 0 Å². The number of phenolic OH excluding ortho intramolecular Hbond substituents is 1. The Kier molecular flexibility index (Phi) is 5.33. The van der Waals surface area contributed by atoms with Crippen molar-refractivity contribution in [2.75, 3.05) is 7.11 Å². The van der Waals surface area contributed by atoms with Crippen molar-refractivity contribution in [3.05, 3.63) is 29.8 Å². The Morgan fingerprint density at radius 3 is 2.50 bits per heavy atom. The van der Waals surface area contributed by atoms with Gasteiger partial charge in [-0.1, -0.05) is 12.1 Å². The fourth-order valence-electron chi connectivity index (χ4n) is 0.756. The number of carbonyl (C=O) groups excluding carboxylic acids is 1. The van der Waals surface area contributed by atoms with Crippen LogP contribution in [0.1, 0.15) is 10.4 Å². The number of aromatic hydroxyl groups is 1. The molecular weight excluding hydrogens is 303 g/mol. The number of carbonyl (C=O) groups is 1. The molecule has 0 saturated heterocycles. The monoisotopic (exact) mass is 311 g/mol. The molecule has 0 amide bonds. The van der Waals surface area contributed by atoms with E-state index in [-0.39, 0.29) is 49.9 Å². The maximum atomic E-state index is 10.9. The van der Waals surface area contributed by atoms with E-state index in [0.29, 0.717) is 0 Å². The molecule has 0 heterocycles. The zero-order valence-electron chi connectivity index (χ0n) is 6.41. The SMILES string of the molecule is COC(=O)c1ccccc1O.[Tb+3]. The summed E-state index contributed by atoms with van der Waals surface area (Å²) in [6.45, 7) is 0. The average molecular weight is 311 g/mol. The molecule has 1 aromatic rings. The molecule has 0 aliphatic rings. The minimum atomic E-state index is -0.525. The van der Waals surface area contributed by atoms with E-state index in [0.717, 1.165) is 0 Å². The minimum Gasteiger partial charge on any atom is -0.507 e. The second-order valence-electron chi connectivity index (χ2n) is 2.01. The van der Waals surface area contributed by atoms with E-state index in [9.17, 15) is 4.79 Å². The summed E-state index contributed by atoms with van der Waals surface area (Å²) in [5, 5.41) is 9.11. The van der Waals surface area contributed by atoms with Crippen LogP contribution in [-0.4, -0.2) is 18.2 Å². The molecule has 12 heavy (non-hydrogen) atoms. The molecule has 1 rings (SSSR count). The third-order valence-corrected chi connectivity index (χ3v) is 1.31. The number of esters is 1. The van der Waals surface area contributed by atoms with Crippen LogP contribution in [0.5, 0.6) is 5.75 Å². The molecule has 0 aliphatic carbocycles. The van der Waals surface area contributed by atoms with Gasteiger partial charge in [0.05, 0.1) is 7.11 Å². The van der Waals surface area contributed by atoms with Crippen molar-refractivity contribution >= 4 is 5.97 Å². The van der Waals surface area contributed by atoms with Crippen LogP contribution < -0.4 is 0 Å².